The number of anilines is 1. The van der Waals surface area contributed by atoms with Crippen molar-refractivity contribution < 1.29 is 14.7 Å². The van der Waals surface area contributed by atoms with Gasteiger partial charge < -0.3 is 16.2 Å². The number of primary amides is 1. The van der Waals surface area contributed by atoms with Gasteiger partial charge in [0.1, 0.15) is 6.54 Å². The van der Waals surface area contributed by atoms with Gasteiger partial charge in [-0.05, 0) is 18.2 Å². The van der Waals surface area contributed by atoms with Crippen LogP contribution in [0.3, 0.4) is 0 Å². The standard InChI is InChI=1S/C9H9BrN2O3/c10-5-1-2-7(12-4-8(13)14)6(3-5)9(11)15/h1-3,12H,4H2,(H2,11,15)(H,13,14). The Balaban J connectivity index is 2.95. The summed E-state index contributed by atoms with van der Waals surface area (Å²) in [5.41, 5.74) is 5.81. The molecule has 80 valence electrons. The van der Waals surface area contributed by atoms with Gasteiger partial charge in [-0.3, -0.25) is 9.59 Å². The lowest BCUT2D eigenvalue weighted by atomic mass is 10.1. The molecule has 4 N–H and O–H groups in total. The van der Waals surface area contributed by atoms with Crippen molar-refractivity contribution in [3.63, 3.8) is 0 Å². The van der Waals surface area contributed by atoms with Crippen LogP contribution >= 0.6 is 15.9 Å². The van der Waals surface area contributed by atoms with Gasteiger partial charge in [-0.25, -0.2) is 0 Å². The van der Waals surface area contributed by atoms with Crippen molar-refractivity contribution in [2.45, 2.75) is 0 Å². The van der Waals surface area contributed by atoms with E-state index in [9.17, 15) is 9.59 Å². The molecule has 0 aliphatic carbocycles. The van der Waals surface area contributed by atoms with E-state index >= 15 is 0 Å². The summed E-state index contributed by atoms with van der Waals surface area (Å²) in [4.78, 5) is 21.4. The average Bonchev–Trinajstić information content (AvgIpc) is 2.15. The number of nitrogens with two attached hydrogens (primary N) is 1. The van der Waals surface area contributed by atoms with E-state index in [2.05, 4.69) is 21.2 Å². The third-order valence-corrected chi connectivity index (χ3v) is 2.17. The fraction of sp³-hybridized carbons (Fsp3) is 0.111. The van der Waals surface area contributed by atoms with Crippen molar-refractivity contribution in [2.75, 3.05) is 11.9 Å². The zero-order valence-electron chi connectivity index (χ0n) is 7.66. The summed E-state index contributed by atoms with van der Waals surface area (Å²) in [6.07, 6.45) is 0. The van der Waals surface area contributed by atoms with E-state index < -0.39 is 11.9 Å². The summed E-state index contributed by atoms with van der Waals surface area (Å²) in [7, 11) is 0. The largest absolute Gasteiger partial charge is 0.480 e. The van der Waals surface area contributed by atoms with Gasteiger partial charge in [0.15, 0.2) is 0 Å². The molecule has 0 saturated carbocycles. The van der Waals surface area contributed by atoms with E-state index in [4.69, 9.17) is 10.8 Å². The molecule has 0 spiro atoms. The van der Waals surface area contributed by atoms with Gasteiger partial charge in [-0.15, -0.1) is 0 Å². The highest BCUT2D eigenvalue weighted by molar-refractivity contribution is 9.10. The zero-order valence-corrected chi connectivity index (χ0v) is 9.24. The highest BCUT2D eigenvalue weighted by atomic mass is 79.9. The lowest BCUT2D eigenvalue weighted by Gasteiger charge is -2.08. The number of halogens is 1. The molecular formula is C9H9BrN2O3. The zero-order chi connectivity index (χ0) is 11.4. The second-order valence-electron chi connectivity index (χ2n) is 2.80. The Labute approximate surface area is 94.4 Å². The molecule has 0 heterocycles. The van der Waals surface area contributed by atoms with Crippen molar-refractivity contribution in [1.29, 1.82) is 0 Å². The van der Waals surface area contributed by atoms with Crippen molar-refractivity contribution in [3.05, 3.63) is 28.2 Å². The predicted octanol–water partition coefficient (Wildman–Crippen LogP) is 1.04. The van der Waals surface area contributed by atoms with Crippen LogP contribution in [0.25, 0.3) is 0 Å². The first-order valence-corrected chi connectivity index (χ1v) is 4.85. The topological polar surface area (TPSA) is 92.4 Å². The Morgan fingerprint density at radius 1 is 1.47 bits per heavy atom. The summed E-state index contributed by atoms with van der Waals surface area (Å²) < 4.78 is 0.706. The number of carbonyl (C=O) groups is 2. The fourth-order valence-corrected chi connectivity index (χ4v) is 1.41. The van der Waals surface area contributed by atoms with Crippen LogP contribution < -0.4 is 11.1 Å². The molecule has 0 radical (unpaired) electrons. The van der Waals surface area contributed by atoms with Crippen LogP contribution in [0.1, 0.15) is 10.4 Å². The van der Waals surface area contributed by atoms with Gasteiger partial charge in [0, 0.05) is 10.2 Å². The molecule has 6 heteroatoms. The first-order chi connectivity index (χ1) is 7.00. The molecule has 0 saturated heterocycles. The number of amides is 1. The number of hydrogen-bond acceptors (Lipinski definition) is 3. The van der Waals surface area contributed by atoms with E-state index in [0.29, 0.717) is 10.2 Å². The van der Waals surface area contributed by atoms with E-state index in [1.54, 1.807) is 12.1 Å². The molecule has 1 amide bonds. The molecule has 15 heavy (non-hydrogen) atoms. The van der Waals surface area contributed by atoms with E-state index in [-0.39, 0.29) is 12.1 Å². The number of carboxylic acid groups (broad SMARTS) is 1. The molecule has 0 atom stereocenters. The number of rotatable bonds is 4. The van der Waals surface area contributed by atoms with Gasteiger partial charge in [0.2, 0.25) is 0 Å². The summed E-state index contributed by atoms with van der Waals surface area (Å²) in [6, 6.07) is 4.82. The molecule has 0 aromatic heterocycles. The first-order valence-electron chi connectivity index (χ1n) is 4.05. The maximum atomic E-state index is 11.0. The SMILES string of the molecule is NC(=O)c1cc(Br)ccc1NCC(=O)O. The monoisotopic (exact) mass is 272 g/mol. The van der Waals surface area contributed by atoms with Crippen LogP contribution in [-0.2, 0) is 4.79 Å². The highest BCUT2D eigenvalue weighted by Gasteiger charge is 2.09. The second kappa shape index (κ2) is 4.79. The minimum Gasteiger partial charge on any atom is -0.480 e. The highest BCUT2D eigenvalue weighted by Crippen LogP contribution is 2.20. The summed E-state index contributed by atoms with van der Waals surface area (Å²) in [5, 5.41) is 11.1. The van der Waals surface area contributed by atoms with Gasteiger partial charge in [-0.2, -0.15) is 0 Å². The summed E-state index contributed by atoms with van der Waals surface area (Å²) in [5.74, 6) is -1.61. The van der Waals surface area contributed by atoms with Gasteiger partial charge in [0.25, 0.3) is 5.91 Å². The average molecular weight is 273 g/mol. The fourth-order valence-electron chi connectivity index (χ4n) is 1.05. The van der Waals surface area contributed by atoms with E-state index in [1.165, 1.54) is 6.07 Å². The Hall–Kier alpha value is -1.56. The third kappa shape index (κ3) is 3.25. The molecule has 5 nitrogen and oxygen atoms in total. The van der Waals surface area contributed by atoms with Crippen molar-refractivity contribution in [3.8, 4) is 0 Å². The molecule has 0 aliphatic rings. The molecular weight excluding hydrogens is 264 g/mol. The Bertz CT molecular complexity index is 406. The van der Waals surface area contributed by atoms with Crippen LogP contribution in [0.4, 0.5) is 5.69 Å². The summed E-state index contributed by atoms with van der Waals surface area (Å²) >= 11 is 3.19. The van der Waals surface area contributed by atoms with E-state index in [1.807, 2.05) is 0 Å². The van der Waals surface area contributed by atoms with E-state index in [0.717, 1.165) is 0 Å². The molecule has 1 aromatic rings. The quantitative estimate of drug-likeness (QED) is 0.764. The molecule has 0 bridgehead atoms. The maximum absolute atomic E-state index is 11.0. The predicted molar refractivity (Wildman–Crippen MR) is 58.8 cm³/mol. The van der Waals surface area contributed by atoms with Gasteiger partial charge in [0.05, 0.1) is 5.56 Å². The minimum absolute atomic E-state index is 0.255. The van der Waals surface area contributed by atoms with Crippen LogP contribution in [0.15, 0.2) is 22.7 Å². The number of hydrogen-bond donors (Lipinski definition) is 3. The molecule has 0 fully saturated rings. The Kier molecular flexibility index (Phi) is 3.68. The van der Waals surface area contributed by atoms with Gasteiger partial charge in [-0.1, -0.05) is 15.9 Å². The number of benzene rings is 1. The lowest BCUT2D eigenvalue weighted by Crippen LogP contribution is -2.18. The number of carbonyl (C=O) groups excluding carboxylic acids is 1. The third-order valence-electron chi connectivity index (χ3n) is 1.68. The maximum Gasteiger partial charge on any atom is 0.322 e. The molecule has 0 aliphatic heterocycles. The second-order valence-corrected chi connectivity index (χ2v) is 3.72. The minimum atomic E-state index is -1.01. The van der Waals surface area contributed by atoms with Crippen molar-refractivity contribution in [2.24, 2.45) is 5.73 Å². The molecule has 0 unspecified atom stereocenters. The van der Waals surface area contributed by atoms with Crippen LogP contribution in [0, 0.1) is 0 Å². The van der Waals surface area contributed by atoms with Crippen molar-refractivity contribution >= 4 is 33.5 Å². The first kappa shape index (κ1) is 11.5. The summed E-state index contributed by atoms with van der Waals surface area (Å²) in [6.45, 7) is -0.262. The van der Waals surface area contributed by atoms with Crippen molar-refractivity contribution in [1.82, 2.24) is 0 Å². The van der Waals surface area contributed by atoms with Gasteiger partial charge >= 0.3 is 5.97 Å². The Morgan fingerprint density at radius 3 is 2.67 bits per heavy atom. The molecule has 1 aromatic carbocycles. The van der Waals surface area contributed by atoms with Crippen LogP contribution in [-0.4, -0.2) is 23.5 Å². The van der Waals surface area contributed by atoms with Crippen LogP contribution in [0.5, 0.6) is 0 Å². The normalized spacial score (nSPS) is 9.67. The number of carboxylic acids is 1. The Morgan fingerprint density at radius 2 is 2.13 bits per heavy atom. The smallest absolute Gasteiger partial charge is 0.322 e. The lowest BCUT2D eigenvalue weighted by molar-refractivity contribution is -0.134. The van der Waals surface area contributed by atoms with Crippen LogP contribution in [0.2, 0.25) is 0 Å². The molecule has 1 rings (SSSR count). The number of aliphatic carboxylic acids is 1. The number of nitrogens with one attached hydrogen (secondary N) is 1.